The average Bonchev–Trinajstić information content (AvgIpc) is 2.37. The number of hydrogen-bond acceptors (Lipinski definition) is 5. The monoisotopic (exact) mass is 256 g/mol. The fourth-order valence-corrected chi connectivity index (χ4v) is 1.63. The van der Waals surface area contributed by atoms with E-state index >= 15 is 0 Å². The molecule has 0 aliphatic carbocycles. The number of benzene rings is 1. The van der Waals surface area contributed by atoms with E-state index in [1.54, 1.807) is 0 Å². The predicted octanol–water partition coefficient (Wildman–Crippen LogP) is 0.968. The summed E-state index contributed by atoms with van der Waals surface area (Å²) >= 11 is 0. The summed E-state index contributed by atoms with van der Waals surface area (Å²) in [6.45, 7) is 0.222. The van der Waals surface area contributed by atoms with E-state index in [1.165, 1.54) is 33.5 Å². The highest BCUT2D eigenvalue weighted by Gasteiger charge is 2.20. The number of aliphatic hydroxyl groups excluding tert-OH is 1. The molecule has 1 aromatic carbocycles. The fourth-order valence-electron chi connectivity index (χ4n) is 1.63. The van der Waals surface area contributed by atoms with Crippen LogP contribution in [-0.4, -0.2) is 37.5 Å². The summed E-state index contributed by atoms with van der Waals surface area (Å²) in [6, 6.07) is 2.94. The van der Waals surface area contributed by atoms with Crippen LogP contribution in [0.3, 0.4) is 0 Å². The Morgan fingerprint density at radius 1 is 1.28 bits per heavy atom. The number of aliphatic carboxylic acids is 1. The van der Waals surface area contributed by atoms with Crippen molar-refractivity contribution in [2.24, 2.45) is 0 Å². The van der Waals surface area contributed by atoms with Gasteiger partial charge in [-0.1, -0.05) is 0 Å². The van der Waals surface area contributed by atoms with E-state index in [2.05, 4.69) is 0 Å². The molecule has 0 radical (unpaired) electrons. The first kappa shape index (κ1) is 14.3. The highest BCUT2D eigenvalue weighted by molar-refractivity contribution is 5.74. The minimum atomic E-state index is -1.61. The molecule has 6 nitrogen and oxygen atoms in total. The molecule has 0 fully saturated rings. The molecule has 1 rings (SSSR count). The Bertz CT molecular complexity index is 429. The molecule has 100 valence electrons. The Balaban J connectivity index is 3.30. The minimum Gasteiger partial charge on any atom is -0.493 e. The second-order valence-electron chi connectivity index (χ2n) is 3.59. The summed E-state index contributed by atoms with van der Waals surface area (Å²) in [5, 5.41) is 18.3. The van der Waals surface area contributed by atoms with E-state index in [9.17, 15) is 9.90 Å². The van der Waals surface area contributed by atoms with Gasteiger partial charge in [0, 0.05) is 12.7 Å². The van der Waals surface area contributed by atoms with Crippen LogP contribution < -0.4 is 9.47 Å². The molecule has 0 saturated carbocycles. The summed E-state index contributed by atoms with van der Waals surface area (Å²) in [5.41, 5.74) is 0.821. The van der Waals surface area contributed by atoms with E-state index in [0.29, 0.717) is 17.1 Å². The predicted molar refractivity (Wildman–Crippen MR) is 62.9 cm³/mol. The fraction of sp³-hybridized carbons (Fsp3) is 0.417. The number of methoxy groups -OCH3 is 3. The lowest BCUT2D eigenvalue weighted by molar-refractivity contribution is -0.146. The number of ether oxygens (including phenoxy) is 3. The molecular formula is C12H16O6. The molecule has 2 N–H and O–H groups in total. The van der Waals surface area contributed by atoms with E-state index < -0.39 is 12.1 Å². The smallest absolute Gasteiger partial charge is 0.337 e. The third kappa shape index (κ3) is 2.91. The van der Waals surface area contributed by atoms with Gasteiger partial charge in [-0.05, 0) is 17.7 Å². The van der Waals surface area contributed by atoms with Gasteiger partial charge in [-0.15, -0.1) is 0 Å². The number of carboxylic acid groups (broad SMARTS) is 1. The van der Waals surface area contributed by atoms with Gasteiger partial charge in [-0.3, -0.25) is 0 Å². The van der Waals surface area contributed by atoms with E-state index in [1.807, 2.05) is 0 Å². The number of aliphatic hydroxyl groups is 1. The SMILES string of the molecule is COCc1cc(C(O)C(=O)O)cc(OC)c1OC. The number of rotatable bonds is 6. The van der Waals surface area contributed by atoms with Gasteiger partial charge in [0.2, 0.25) is 0 Å². The van der Waals surface area contributed by atoms with Crippen LogP contribution in [0.15, 0.2) is 12.1 Å². The molecule has 0 aromatic heterocycles. The Morgan fingerprint density at radius 3 is 2.39 bits per heavy atom. The molecule has 0 spiro atoms. The molecule has 1 atom stereocenters. The summed E-state index contributed by atoms with van der Waals surface area (Å²) in [4.78, 5) is 10.8. The average molecular weight is 256 g/mol. The standard InChI is InChI=1S/C12H16O6/c1-16-6-8-4-7(10(13)12(14)15)5-9(17-2)11(8)18-3/h4-5,10,13H,6H2,1-3H3,(H,14,15). The van der Waals surface area contributed by atoms with E-state index in [0.717, 1.165) is 0 Å². The van der Waals surface area contributed by atoms with Crippen LogP contribution in [0.2, 0.25) is 0 Å². The zero-order chi connectivity index (χ0) is 13.7. The number of carbonyl (C=O) groups is 1. The highest BCUT2D eigenvalue weighted by Crippen LogP contribution is 2.35. The van der Waals surface area contributed by atoms with Gasteiger partial charge in [-0.25, -0.2) is 4.79 Å². The Morgan fingerprint density at radius 2 is 1.94 bits per heavy atom. The molecule has 0 aliphatic heterocycles. The summed E-state index contributed by atoms with van der Waals surface area (Å²) in [6.07, 6.45) is -1.61. The first-order valence-corrected chi connectivity index (χ1v) is 5.19. The van der Waals surface area contributed by atoms with Crippen molar-refractivity contribution >= 4 is 5.97 Å². The zero-order valence-corrected chi connectivity index (χ0v) is 10.5. The van der Waals surface area contributed by atoms with Gasteiger partial charge in [0.1, 0.15) is 0 Å². The maximum absolute atomic E-state index is 10.8. The van der Waals surface area contributed by atoms with Gasteiger partial charge in [0.25, 0.3) is 0 Å². The van der Waals surface area contributed by atoms with Gasteiger partial charge in [0.15, 0.2) is 17.6 Å². The molecule has 1 aromatic rings. The first-order chi connectivity index (χ1) is 8.54. The third-order valence-corrected chi connectivity index (χ3v) is 2.43. The van der Waals surface area contributed by atoms with Crippen molar-refractivity contribution in [3.63, 3.8) is 0 Å². The first-order valence-electron chi connectivity index (χ1n) is 5.19. The summed E-state index contributed by atoms with van der Waals surface area (Å²) in [5.74, 6) is -0.520. The van der Waals surface area contributed by atoms with Gasteiger partial charge < -0.3 is 24.4 Å². The normalized spacial score (nSPS) is 12.0. The molecule has 0 bridgehead atoms. The second kappa shape index (κ2) is 6.23. The van der Waals surface area contributed by atoms with Crippen molar-refractivity contribution in [3.8, 4) is 11.5 Å². The quantitative estimate of drug-likeness (QED) is 0.788. The molecule has 0 saturated heterocycles. The van der Waals surface area contributed by atoms with Crippen LogP contribution >= 0.6 is 0 Å². The topological polar surface area (TPSA) is 85.2 Å². The van der Waals surface area contributed by atoms with Crippen LogP contribution in [0, 0.1) is 0 Å². The maximum Gasteiger partial charge on any atom is 0.337 e. The van der Waals surface area contributed by atoms with Crippen molar-refractivity contribution in [3.05, 3.63) is 23.3 Å². The van der Waals surface area contributed by atoms with E-state index in [4.69, 9.17) is 19.3 Å². The molecule has 0 heterocycles. The largest absolute Gasteiger partial charge is 0.493 e. The van der Waals surface area contributed by atoms with Crippen molar-refractivity contribution in [1.29, 1.82) is 0 Å². The van der Waals surface area contributed by atoms with Crippen molar-refractivity contribution in [2.45, 2.75) is 12.7 Å². The molecule has 18 heavy (non-hydrogen) atoms. The molecule has 0 amide bonds. The summed E-state index contributed by atoms with van der Waals surface area (Å²) in [7, 11) is 4.42. The maximum atomic E-state index is 10.8. The molecule has 0 aliphatic rings. The van der Waals surface area contributed by atoms with Crippen molar-refractivity contribution in [2.75, 3.05) is 21.3 Å². The van der Waals surface area contributed by atoms with Crippen LogP contribution in [0.4, 0.5) is 0 Å². The minimum absolute atomic E-state index is 0.215. The number of carboxylic acids is 1. The van der Waals surface area contributed by atoms with Crippen LogP contribution in [0.5, 0.6) is 11.5 Å². The van der Waals surface area contributed by atoms with Crippen LogP contribution in [0.25, 0.3) is 0 Å². The molecule has 6 heteroatoms. The highest BCUT2D eigenvalue weighted by atomic mass is 16.5. The van der Waals surface area contributed by atoms with Gasteiger partial charge >= 0.3 is 5.97 Å². The molecule has 1 unspecified atom stereocenters. The lowest BCUT2D eigenvalue weighted by Crippen LogP contribution is -2.11. The third-order valence-electron chi connectivity index (χ3n) is 2.43. The molecular weight excluding hydrogens is 240 g/mol. The van der Waals surface area contributed by atoms with Crippen LogP contribution in [-0.2, 0) is 16.1 Å². The lowest BCUT2D eigenvalue weighted by atomic mass is 10.0. The Kier molecular flexibility index (Phi) is 4.94. The summed E-state index contributed by atoms with van der Waals surface area (Å²) < 4.78 is 15.3. The van der Waals surface area contributed by atoms with Crippen molar-refractivity contribution < 1.29 is 29.2 Å². The van der Waals surface area contributed by atoms with E-state index in [-0.39, 0.29) is 12.2 Å². The van der Waals surface area contributed by atoms with Gasteiger partial charge in [-0.2, -0.15) is 0 Å². The Labute approximate surface area is 105 Å². The number of hydrogen-bond donors (Lipinski definition) is 2. The van der Waals surface area contributed by atoms with Gasteiger partial charge in [0.05, 0.1) is 20.8 Å². The van der Waals surface area contributed by atoms with Crippen LogP contribution in [0.1, 0.15) is 17.2 Å². The zero-order valence-electron chi connectivity index (χ0n) is 10.5. The Hall–Kier alpha value is -1.79. The lowest BCUT2D eigenvalue weighted by Gasteiger charge is -2.15. The second-order valence-corrected chi connectivity index (χ2v) is 3.59. The van der Waals surface area contributed by atoms with Crippen molar-refractivity contribution in [1.82, 2.24) is 0 Å².